The fourth-order valence-corrected chi connectivity index (χ4v) is 4.20. The fourth-order valence-electron chi connectivity index (χ4n) is 4.20. The Morgan fingerprint density at radius 3 is 2.17 bits per heavy atom. The summed E-state index contributed by atoms with van der Waals surface area (Å²) in [6, 6.07) is 15.5. The molecular weight excluding hydrogens is 462 g/mol. The number of carbonyl (C=O) groups is 4. The molecule has 1 fully saturated rings. The summed E-state index contributed by atoms with van der Waals surface area (Å²) in [6.45, 7) is 3.93. The van der Waals surface area contributed by atoms with Crippen LogP contribution in [0.25, 0.3) is 0 Å². The van der Waals surface area contributed by atoms with Gasteiger partial charge in [0, 0.05) is 13.0 Å². The number of aliphatic carboxylic acids is 1. The van der Waals surface area contributed by atoms with E-state index in [1.807, 2.05) is 60.7 Å². The molecule has 0 radical (unpaired) electrons. The van der Waals surface area contributed by atoms with Crippen LogP contribution in [0.2, 0.25) is 0 Å². The van der Waals surface area contributed by atoms with Crippen LogP contribution >= 0.6 is 0 Å². The highest BCUT2D eigenvalue weighted by atomic mass is 16.5. The minimum absolute atomic E-state index is 0.0466. The van der Waals surface area contributed by atoms with Crippen LogP contribution in [0.15, 0.2) is 60.7 Å². The second-order valence-corrected chi connectivity index (χ2v) is 9.21. The van der Waals surface area contributed by atoms with E-state index in [-0.39, 0.29) is 18.9 Å². The zero-order chi connectivity index (χ0) is 26.1. The van der Waals surface area contributed by atoms with Crippen molar-refractivity contribution >= 4 is 23.9 Å². The van der Waals surface area contributed by atoms with Crippen molar-refractivity contribution in [3.63, 3.8) is 0 Å². The Morgan fingerprint density at radius 1 is 0.972 bits per heavy atom. The quantitative estimate of drug-likeness (QED) is 0.466. The molecule has 36 heavy (non-hydrogen) atoms. The molecule has 0 saturated carbocycles. The van der Waals surface area contributed by atoms with E-state index in [2.05, 4.69) is 10.6 Å². The van der Waals surface area contributed by atoms with E-state index in [4.69, 9.17) is 4.74 Å². The van der Waals surface area contributed by atoms with Crippen LogP contribution in [0.1, 0.15) is 37.8 Å². The molecule has 0 spiro atoms. The number of carboxylic acid groups (broad SMARTS) is 1. The average molecular weight is 496 g/mol. The zero-order valence-corrected chi connectivity index (χ0v) is 20.6. The van der Waals surface area contributed by atoms with Crippen molar-refractivity contribution in [2.45, 2.75) is 57.8 Å². The lowest BCUT2D eigenvalue weighted by molar-refractivity contribution is -0.150. The lowest BCUT2D eigenvalue weighted by Gasteiger charge is -2.30. The molecule has 1 saturated heterocycles. The highest BCUT2D eigenvalue weighted by Gasteiger charge is 2.39. The maximum Gasteiger partial charge on any atom is 0.408 e. The van der Waals surface area contributed by atoms with Crippen molar-refractivity contribution in [2.24, 2.45) is 5.92 Å². The van der Waals surface area contributed by atoms with Gasteiger partial charge in [-0.2, -0.15) is 0 Å². The molecular formula is C27H33N3O6. The van der Waals surface area contributed by atoms with Gasteiger partial charge in [-0.25, -0.2) is 9.59 Å². The number of benzene rings is 2. The predicted molar refractivity (Wildman–Crippen MR) is 133 cm³/mol. The molecule has 0 aromatic heterocycles. The molecule has 2 aromatic rings. The number of ether oxygens (including phenoxy) is 1. The third-order valence-corrected chi connectivity index (χ3v) is 6.16. The smallest absolute Gasteiger partial charge is 0.408 e. The Bertz CT molecular complexity index is 1040. The summed E-state index contributed by atoms with van der Waals surface area (Å²) in [6.07, 6.45) is 0.402. The van der Waals surface area contributed by atoms with E-state index in [0.29, 0.717) is 19.4 Å². The van der Waals surface area contributed by atoms with Gasteiger partial charge in [0.1, 0.15) is 24.7 Å². The molecule has 9 nitrogen and oxygen atoms in total. The minimum atomic E-state index is -1.06. The Kier molecular flexibility index (Phi) is 9.44. The van der Waals surface area contributed by atoms with Crippen LogP contribution in [0.4, 0.5) is 4.79 Å². The molecule has 9 heteroatoms. The van der Waals surface area contributed by atoms with Gasteiger partial charge >= 0.3 is 12.1 Å². The first-order chi connectivity index (χ1) is 17.3. The molecule has 2 aromatic carbocycles. The lowest BCUT2D eigenvalue weighted by atomic mass is 10.00. The predicted octanol–water partition coefficient (Wildman–Crippen LogP) is 2.74. The third kappa shape index (κ3) is 7.31. The number of hydrogen-bond donors (Lipinski definition) is 3. The molecule has 1 heterocycles. The van der Waals surface area contributed by atoms with Gasteiger partial charge in [0.25, 0.3) is 0 Å². The Morgan fingerprint density at radius 2 is 1.58 bits per heavy atom. The third-order valence-electron chi connectivity index (χ3n) is 6.16. The molecule has 3 rings (SSSR count). The zero-order valence-electron chi connectivity index (χ0n) is 20.6. The number of carbonyl (C=O) groups excluding carboxylic acids is 3. The van der Waals surface area contributed by atoms with Crippen molar-refractivity contribution in [3.8, 4) is 0 Å². The minimum Gasteiger partial charge on any atom is -0.480 e. The van der Waals surface area contributed by atoms with E-state index in [9.17, 15) is 24.3 Å². The van der Waals surface area contributed by atoms with Crippen LogP contribution in [-0.4, -0.2) is 58.6 Å². The van der Waals surface area contributed by atoms with Crippen LogP contribution in [0.5, 0.6) is 0 Å². The van der Waals surface area contributed by atoms with E-state index >= 15 is 0 Å². The lowest BCUT2D eigenvalue weighted by Crippen LogP contribution is -2.57. The first-order valence-electron chi connectivity index (χ1n) is 12.1. The largest absolute Gasteiger partial charge is 0.480 e. The standard InChI is InChI=1S/C27H33N3O6/c1-18(2)23(25(32)30-15-9-14-22(30)26(33)34)29-24(31)21(16-19-10-5-3-6-11-19)28-27(35)36-17-20-12-7-4-8-13-20/h3-8,10-13,18,21-23H,9,14-17H2,1-2H3,(H,28,35)(H,29,31)(H,33,34)/t21-,22-,23-/m0/s1. The van der Waals surface area contributed by atoms with Crippen LogP contribution in [0, 0.1) is 5.92 Å². The number of hydrogen-bond acceptors (Lipinski definition) is 5. The molecule has 1 aliphatic rings. The average Bonchev–Trinajstić information content (AvgIpc) is 3.37. The highest BCUT2D eigenvalue weighted by molar-refractivity contribution is 5.93. The fraction of sp³-hybridized carbons (Fsp3) is 0.407. The number of nitrogens with zero attached hydrogens (tertiary/aromatic N) is 1. The Balaban J connectivity index is 1.72. The first kappa shape index (κ1) is 26.7. The van der Waals surface area contributed by atoms with Gasteiger partial charge in [-0.15, -0.1) is 0 Å². The van der Waals surface area contributed by atoms with E-state index in [1.54, 1.807) is 13.8 Å². The van der Waals surface area contributed by atoms with Crippen molar-refractivity contribution in [3.05, 3.63) is 71.8 Å². The van der Waals surface area contributed by atoms with Gasteiger partial charge in [-0.3, -0.25) is 9.59 Å². The summed E-state index contributed by atoms with van der Waals surface area (Å²) in [5, 5.41) is 14.9. The second kappa shape index (κ2) is 12.7. The van der Waals surface area contributed by atoms with Crippen molar-refractivity contribution < 1.29 is 29.0 Å². The maximum atomic E-state index is 13.3. The molecule has 0 aliphatic carbocycles. The van der Waals surface area contributed by atoms with Crippen molar-refractivity contribution in [1.82, 2.24) is 15.5 Å². The number of likely N-dealkylation sites (tertiary alicyclic amines) is 1. The second-order valence-electron chi connectivity index (χ2n) is 9.21. The van der Waals surface area contributed by atoms with Crippen molar-refractivity contribution in [1.29, 1.82) is 0 Å². The monoisotopic (exact) mass is 495 g/mol. The van der Waals surface area contributed by atoms with E-state index in [1.165, 1.54) is 4.90 Å². The summed E-state index contributed by atoms with van der Waals surface area (Å²) < 4.78 is 5.30. The Hall–Kier alpha value is -3.88. The maximum absolute atomic E-state index is 13.3. The topological polar surface area (TPSA) is 125 Å². The van der Waals surface area contributed by atoms with Gasteiger partial charge in [-0.1, -0.05) is 74.5 Å². The van der Waals surface area contributed by atoms with E-state index in [0.717, 1.165) is 11.1 Å². The number of alkyl carbamates (subject to hydrolysis) is 1. The molecule has 3 N–H and O–H groups in total. The van der Waals surface area contributed by atoms with Crippen LogP contribution < -0.4 is 10.6 Å². The summed E-state index contributed by atoms with van der Waals surface area (Å²) in [5.74, 6) is -2.33. The highest BCUT2D eigenvalue weighted by Crippen LogP contribution is 2.20. The molecule has 0 unspecified atom stereocenters. The molecule has 3 atom stereocenters. The van der Waals surface area contributed by atoms with Crippen LogP contribution in [0.3, 0.4) is 0 Å². The van der Waals surface area contributed by atoms with Gasteiger partial charge < -0.3 is 25.4 Å². The molecule has 1 aliphatic heterocycles. The number of carboxylic acids is 1. The number of amides is 3. The summed E-state index contributed by atoms with van der Waals surface area (Å²) in [7, 11) is 0. The van der Waals surface area contributed by atoms with Gasteiger partial charge in [0.05, 0.1) is 0 Å². The van der Waals surface area contributed by atoms with Gasteiger partial charge in [-0.05, 0) is 29.9 Å². The van der Waals surface area contributed by atoms with Crippen molar-refractivity contribution in [2.75, 3.05) is 6.54 Å². The number of nitrogens with one attached hydrogen (secondary N) is 2. The normalized spacial score (nSPS) is 16.8. The van der Waals surface area contributed by atoms with Gasteiger partial charge in [0.2, 0.25) is 11.8 Å². The summed E-state index contributed by atoms with van der Waals surface area (Å²) in [5.41, 5.74) is 1.62. The SMILES string of the molecule is CC(C)[C@H](NC(=O)[C@H](Cc1ccccc1)NC(=O)OCc1ccccc1)C(=O)N1CCC[C@H]1C(=O)O. The van der Waals surface area contributed by atoms with Crippen LogP contribution in [-0.2, 0) is 32.1 Å². The molecule has 0 bridgehead atoms. The summed E-state index contributed by atoms with van der Waals surface area (Å²) in [4.78, 5) is 52.0. The number of rotatable bonds is 10. The Labute approximate surface area is 210 Å². The van der Waals surface area contributed by atoms with Gasteiger partial charge in [0.15, 0.2) is 0 Å². The summed E-state index contributed by atoms with van der Waals surface area (Å²) >= 11 is 0. The first-order valence-corrected chi connectivity index (χ1v) is 12.1. The molecule has 3 amide bonds. The molecule has 192 valence electrons. The van der Waals surface area contributed by atoms with E-state index < -0.39 is 42.0 Å².